The molecule has 0 amide bonds. The highest BCUT2D eigenvalue weighted by Gasteiger charge is 2.44. The van der Waals surface area contributed by atoms with Crippen molar-refractivity contribution in [1.29, 1.82) is 0 Å². The van der Waals surface area contributed by atoms with Crippen LogP contribution in [0.15, 0.2) is 22.7 Å². The number of benzene rings is 1. The fourth-order valence-electron chi connectivity index (χ4n) is 4.29. The van der Waals surface area contributed by atoms with Gasteiger partial charge < -0.3 is 18.6 Å². The third-order valence-electron chi connectivity index (χ3n) is 5.47. The first-order chi connectivity index (χ1) is 13.6. The van der Waals surface area contributed by atoms with Gasteiger partial charge >= 0.3 is 0 Å². The minimum Gasteiger partial charge on any atom is -0.490 e. The third kappa shape index (κ3) is 7.98. The maximum absolute atomic E-state index is 6.58. The molecule has 4 nitrogen and oxygen atoms in total. The summed E-state index contributed by atoms with van der Waals surface area (Å²) in [6.07, 6.45) is 0.107. The van der Waals surface area contributed by atoms with Gasteiger partial charge in [0.05, 0.1) is 30.4 Å². The minimum atomic E-state index is -1.85. The Labute approximate surface area is 187 Å². The summed E-state index contributed by atoms with van der Waals surface area (Å²) < 4.78 is 24.8. The van der Waals surface area contributed by atoms with Crippen molar-refractivity contribution < 1.29 is 18.6 Å². The smallest absolute Gasteiger partial charge is 0.200 e. The van der Waals surface area contributed by atoms with Crippen molar-refractivity contribution in [3.8, 4) is 5.75 Å². The van der Waals surface area contributed by atoms with Crippen LogP contribution in [0.25, 0.3) is 0 Å². The normalized spacial score (nSPS) is 13.5. The van der Waals surface area contributed by atoms with Crippen molar-refractivity contribution in [2.24, 2.45) is 0 Å². The molecule has 0 aromatic heterocycles. The average Bonchev–Trinajstić information content (AvgIpc) is 2.63. The summed E-state index contributed by atoms with van der Waals surface area (Å²) in [7, 11) is -1.85. The van der Waals surface area contributed by atoms with Crippen LogP contribution in [0.2, 0.25) is 16.6 Å². The Morgan fingerprint density at radius 2 is 1.55 bits per heavy atom. The number of ether oxygens (including phenoxy) is 3. The zero-order valence-corrected chi connectivity index (χ0v) is 22.2. The van der Waals surface area contributed by atoms with Gasteiger partial charge in [0.2, 0.25) is 0 Å². The number of halogens is 1. The summed E-state index contributed by atoms with van der Waals surface area (Å²) in [6, 6.07) is 6.09. The lowest BCUT2D eigenvalue weighted by Crippen LogP contribution is -2.48. The Kier molecular flexibility index (Phi) is 12.0. The highest BCUT2D eigenvalue weighted by Crippen LogP contribution is 2.42. The lowest BCUT2D eigenvalue weighted by molar-refractivity contribution is -0.00716. The monoisotopic (exact) mass is 488 g/mol. The predicted molar refractivity (Wildman–Crippen MR) is 127 cm³/mol. The lowest BCUT2D eigenvalue weighted by atomic mass is 10.2. The zero-order valence-electron chi connectivity index (χ0n) is 19.6. The Morgan fingerprint density at radius 3 is 2.10 bits per heavy atom. The van der Waals surface area contributed by atoms with Crippen LogP contribution in [0.5, 0.6) is 5.75 Å². The van der Waals surface area contributed by atoms with Gasteiger partial charge in [-0.1, -0.05) is 47.6 Å². The van der Waals surface area contributed by atoms with E-state index >= 15 is 0 Å². The summed E-state index contributed by atoms with van der Waals surface area (Å²) in [5.41, 5.74) is 2.82. The molecule has 168 valence electrons. The molecule has 0 N–H and O–H groups in total. The van der Waals surface area contributed by atoms with E-state index in [0.717, 1.165) is 15.8 Å². The maximum Gasteiger partial charge on any atom is 0.200 e. The maximum atomic E-state index is 6.58. The molecule has 0 heterocycles. The topological polar surface area (TPSA) is 36.9 Å². The van der Waals surface area contributed by atoms with Gasteiger partial charge in [0.25, 0.3) is 0 Å². The van der Waals surface area contributed by atoms with Crippen LogP contribution in [0.1, 0.15) is 61.0 Å². The third-order valence-corrected chi connectivity index (χ3v) is 12.2. The van der Waals surface area contributed by atoms with E-state index in [1.54, 1.807) is 0 Å². The Bertz CT molecular complexity index is 570. The van der Waals surface area contributed by atoms with Crippen molar-refractivity contribution in [1.82, 2.24) is 0 Å². The number of hydrogen-bond acceptors (Lipinski definition) is 4. The molecule has 1 atom stereocenters. The molecule has 1 aromatic carbocycles. The minimum absolute atomic E-state index is 0.107. The second-order valence-corrected chi connectivity index (χ2v) is 14.9. The second-order valence-electron chi connectivity index (χ2n) is 8.56. The molecule has 0 spiro atoms. The van der Waals surface area contributed by atoms with E-state index in [4.69, 9.17) is 18.6 Å². The molecule has 0 saturated carbocycles. The van der Waals surface area contributed by atoms with Crippen molar-refractivity contribution >= 4 is 24.2 Å². The average molecular weight is 490 g/mol. The lowest BCUT2D eigenvalue weighted by Gasteiger charge is -2.42. The van der Waals surface area contributed by atoms with E-state index < -0.39 is 8.32 Å². The molecule has 29 heavy (non-hydrogen) atoms. The van der Waals surface area contributed by atoms with Gasteiger partial charge in [-0.2, -0.15) is 0 Å². The van der Waals surface area contributed by atoms with Gasteiger partial charge in [-0.25, -0.2) is 0 Å². The fraction of sp³-hybridized carbons (Fsp3) is 0.739. The van der Waals surface area contributed by atoms with Gasteiger partial charge in [-0.05, 0) is 64.1 Å². The molecule has 6 heteroatoms. The van der Waals surface area contributed by atoms with Gasteiger partial charge in [0.1, 0.15) is 12.4 Å². The van der Waals surface area contributed by atoms with Crippen molar-refractivity contribution in [2.75, 3.05) is 26.4 Å². The molecule has 0 fully saturated rings. The van der Waals surface area contributed by atoms with Gasteiger partial charge in [-0.3, -0.25) is 0 Å². The SMILES string of the molecule is CCO[C@H](C)COCc1ccc(Br)c(OCCO[Si](C(C)C)(C(C)C)C(C)C)c1. The zero-order chi connectivity index (χ0) is 22.0. The summed E-state index contributed by atoms with van der Waals surface area (Å²) in [5, 5.41) is 0. The van der Waals surface area contributed by atoms with Crippen LogP contribution in [0.4, 0.5) is 0 Å². The summed E-state index contributed by atoms with van der Waals surface area (Å²) >= 11 is 3.59. The first kappa shape index (κ1) is 26.6. The van der Waals surface area contributed by atoms with Crippen molar-refractivity contribution in [2.45, 2.75) is 84.7 Å². The molecule has 0 saturated heterocycles. The molecule has 0 bridgehead atoms. The molecule has 0 radical (unpaired) electrons. The van der Waals surface area contributed by atoms with E-state index in [2.05, 4.69) is 57.5 Å². The van der Waals surface area contributed by atoms with Gasteiger partial charge in [-0.15, -0.1) is 0 Å². The molecule has 0 aliphatic heterocycles. The molecular formula is C23H41BrO4Si. The molecular weight excluding hydrogens is 448 g/mol. The van der Waals surface area contributed by atoms with Gasteiger partial charge in [0.15, 0.2) is 8.32 Å². The molecule has 0 aliphatic carbocycles. The van der Waals surface area contributed by atoms with Crippen molar-refractivity contribution in [3.05, 3.63) is 28.2 Å². The van der Waals surface area contributed by atoms with Crippen molar-refractivity contribution in [3.63, 3.8) is 0 Å². The Morgan fingerprint density at radius 1 is 0.931 bits per heavy atom. The van der Waals surface area contributed by atoms with Crippen LogP contribution < -0.4 is 4.74 Å². The first-order valence-electron chi connectivity index (χ1n) is 10.9. The van der Waals surface area contributed by atoms with E-state index in [-0.39, 0.29) is 6.10 Å². The predicted octanol–water partition coefficient (Wildman–Crippen LogP) is 6.96. The standard InChI is InChI=1S/C23H41BrO4Si/c1-9-26-20(8)15-25-16-21-10-11-22(24)23(14-21)27-12-13-28-29(17(2)3,18(4)5)19(6)7/h10-11,14,17-20H,9,12-13,15-16H2,1-8H3/t20-/m1/s1. The first-order valence-corrected chi connectivity index (χ1v) is 13.8. The van der Waals surface area contributed by atoms with E-state index in [1.807, 2.05) is 32.0 Å². The highest BCUT2D eigenvalue weighted by molar-refractivity contribution is 9.10. The Hall–Kier alpha value is -0.403. The number of hydrogen-bond donors (Lipinski definition) is 0. The summed E-state index contributed by atoms with van der Waals surface area (Å²) in [6.45, 7) is 20.9. The second kappa shape index (κ2) is 13.1. The Balaban J connectivity index is 2.61. The molecule has 1 rings (SSSR count). The van der Waals surface area contributed by atoms with E-state index in [0.29, 0.717) is 49.7 Å². The number of rotatable bonds is 14. The van der Waals surface area contributed by atoms with Crippen LogP contribution in [0.3, 0.4) is 0 Å². The highest BCUT2D eigenvalue weighted by atomic mass is 79.9. The molecule has 0 unspecified atom stereocenters. The van der Waals surface area contributed by atoms with Crippen LogP contribution in [0, 0.1) is 0 Å². The fourth-order valence-corrected chi connectivity index (χ4v) is 10.1. The van der Waals surface area contributed by atoms with E-state index in [1.165, 1.54) is 0 Å². The summed E-state index contributed by atoms with van der Waals surface area (Å²) in [4.78, 5) is 0. The largest absolute Gasteiger partial charge is 0.490 e. The molecule has 1 aromatic rings. The summed E-state index contributed by atoms with van der Waals surface area (Å²) in [5.74, 6) is 0.832. The van der Waals surface area contributed by atoms with Crippen LogP contribution in [-0.4, -0.2) is 40.8 Å². The van der Waals surface area contributed by atoms with Crippen LogP contribution >= 0.6 is 15.9 Å². The van der Waals surface area contributed by atoms with E-state index in [9.17, 15) is 0 Å². The van der Waals surface area contributed by atoms with Gasteiger partial charge in [0, 0.05) is 6.61 Å². The van der Waals surface area contributed by atoms with Crippen LogP contribution in [-0.2, 0) is 20.5 Å². The molecule has 0 aliphatic rings. The quantitative estimate of drug-likeness (QED) is 0.209.